The number of benzene rings is 1. The third-order valence-electron chi connectivity index (χ3n) is 3.76. The van der Waals surface area contributed by atoms with E-state index >= 15 is 0 Å². The lowest BCUT2D eigenvalue weighted by Crippen LogP contribution is -2.38. The zero-order valence-electron chi connectivity index (χ0n) is 11.0. The van der Waals surface area contributed by atoms with Crippen LogP contribution in [0, 0.1) is 5.82 Å². The molecule has 2 rings (SSSR count). The van der Waals surface area contributed by atoms with Gasteiger partial charge in [-0.05, 0) is 25.0 Å². The Balaban J connectivity index is 2.33. The van der Waals surface area contributed by atoms with E-state index in [2.05, 4.69) is 0 Å². The monoisotopic (exact) mass is 286 g/mol. The van der Waals surface area contributed by atoms with E-state index < -0.39 is 15.8 Å². The smallest absolute Gasteiger partial charge is 0.245 e. The fourth-order valence-electron chi connectivity index (χ4n) is 2.54. The van der Waals surface area contributed by atoms with Crippen molar-refractivity contribution in [3.8, 4) is 0 Å². The van der Waals surface area contributed by atoms with Crippen molar-refractivity contribution in [1.82, 2.24) is 4.31 Å². The summed E-state index contributed by atoms with van der Waals surface area (Å²) >= 11 is 0. The summed E-state index contributed by atoms with van der Waals surface area (Å²) in [5.41, 5.74) is 5.25. The zero-order valence-corrected chi connectivity index (χ0v) is 11.8. The Bertz CT molecular complexity index is 554. The maximum Gasteiger partial charge on any atom is 0.245 e. The molecule has 4 nitrogen and oxygen atoms in total. The van der Waals surface area contributed by atoms with Gasteiger partial charge >= 0.3 is 0 Å². The predicted molar refractivity (Wildman–Crippen MR) is 72.6 cm³/mol. The van der Waals surface area contributed by atoms with E-state index in [0.29, 0.717) is 0 Å². The lowest BCUT2D eigenvalue weighted by atomic mass is 9.96. The van der Waals surface area contributed by atoms with Gasteiger partial charge in [-0.25, -0.2) is 12.8 Å². The Morgan fingerprint density at radius 2 is 1.89 bits per heavy atom. The standard InChI is InChI=1S/C13H19FN2O2S/c1-16(10-6-3-2-4-7-10)19(17,18)12-9-5-8-11(14)13(12)15/h5,8-10H,2-4,6-7,15H2,1H3. The summed E-state index contributed by atoms with van der Waals surface area (Å²) in [6.07, 6.45) is 4.91. The van der Waals surface area contributed by atoms with Crippen molar-refractivity contribution in [2.75, 3.05) is 12.8 Å². The van der Waals surface area contributed by atoms with Crippen molar-refractivity contribution in [2.24, 2.45) is 0 Å². The van der Waals surface area contributed by atoms with Crippen LogP contribution in [0.1, 0.15) is 32.1 Å². The average molecular weight is 286 g/mol. The first kappa shape index (κ1) is 14.3. The number of nitrogens with zero attached hydrogens (tertiary/aromatic N) is 1. The Labute approximate surface area is 113 Å². The SMILES string of the molecule is CN(C1CCCCC1)S(=O)(=O)c1cccc(F)c1N. The molecule has 1 aliphatic rings. The van der Waals surface area contributed by atoms with Gasteiger partial charge in [-0.2, -0.15) is 4.31 Å². The highest BCUT2D eigenvalue weighted by atomic mass is 32.2. The molecule has 0 aliphatic heterocycles. The van der Waals surface area contributed by atoms with Crippen molar-refractivity contribution in [2.45, 2.75) is 43.0 Å². The largest absolute Gasteiger partial charge is 0.395 e. The van der Waals surface area contributed by atoms with Crippen molar-refractivity contribution >= 4 is 15.7 Å². The molecule has 1 aromatic carbocycles. The lowest BCUT2D eigenvalue weighted by molar-refractivity contribution is 0.286. The Morgan fingerprint density at radius 3 is 2.53 bits per heavy atom. The van der Waals surface area contributed by atoms with Crippen molar-refractivity contribution in [3.05, 3.63) is 24.0 Å². The van der Waals surface area contributed by atoms with Crippen LogP contribution in [0.4, 0.5) is 10.1 Å². The van der Waals surface area contributed by atoms with Crippen molar-refractivity contribution in [1.29, 1.82) is 0 Å². The predicted octanol–water partition coefficient (Wildman–Crippen LogP) is 2.36. The normalized spacial score (nSPS) is 17.8. The van der Waals surface area contributed by atoms with Crippen LogP contribution in [0.25, 0.3) is 0 Å². The number of nitrogens with two attached hydrogens (primary N) is 1. The molecule has 0 bridgehead atoms. The second-order valence-electron chi connectivity index (χ2n) is 4.96. The third kappa shape index (κ3) is 2.74. The quantitative estimate of drug-likeness (QED) is 0.868. The number of nitrogen functional groups attached to an aromatic ring is 1. The molecule has 1 aromatic rings. The molecular formula is C13H19FN2O2S. The molecule has 6 heteroatoms. The Kier molecular flexibility index (Phi) is 4.10. The molecule has 19 heavy (non-hydrogen) atoms. The summed E-state index contributed by atoms with van der Waals surface area (Å²) in [6.45, 7) is 0. The topological polar surface area (TPSA) is 63.4 Å². The van der Waals surface area contributed by atoms with Crippen LogP contribution in [-0.2, 0) is 10.0 Å². The minimum absolute atomic E-state index is 0.0126. The molecule has 1 saturated carbocycles. The van der Waals surface area contributed by atoms with E-state index in [-0.39, 0.29) is 16.6 Å². The van der Waals surface area contributed by atoms with Crippen LogP contribution < -0.4 is 5.73 Å². The molecule has 0 heterocycles. The summed E-state index contributed by atoms with van der Waals surface area (Å²) in [5.74, 6) is -0.696. The molecule has 0 amide bonds. The van der Waals surface area contributed by atoms with E-state index in [1.807, 2.05) is 0 Å². The summed E-state index contributed by atoms with van der Waals surface area (Å²) in [7, 11) is -2.17. The van der Waals surface area contributed by atoms with Gasteiger partial charge in [0, 0.05) is 13.1 Å². The summed E-state index contributed by atoms with van der Waals surface area (Å²) < 4.78 is 39.7. The molecule has 0 saturated heterocycles. The third-order valence-corrected chi connectivity index (χ3v) is 5.73. The number of para-hydroxylation sites is 1. The summed E-state index contributed by atoms with van der Waals surface area (Å²) in [6, 6.07) is 3.87. The van der Waals surface area contributed by atoms with Gasteiger partial charge in [0.1, 0.15) is 10.7 Å². The number of hydrogen-bond acceptors (Lipinski definition) is 3. The van der Waals surface area contributed by atoms with Gasteiger partial charge in [0.2, 0.25) is 10.0 Å². The fraction of sp³-hybridized carbons (Fsp3) is 0.538. The number of hydrogen-bond donors (Lipinski definition) is 1. The molecule has 0 aromatic heterocycles. The van der Waals surface area contributed by atoms with Crippen LogP contribution in [0.2, 0.25) is 0 Å². The van der Waals surface area contributed by atoms with E-state index in [4.69, 9.17) is 5.73 Å². The maximum absolute atomic E-state index is 13.4. The lowest BCUT2D eigenvalue weighted by Gasteiger charge is -2.30. The van der Waals surface area contributed by atoms with Gasteiger partial charge in [0.15, 0.2) is 0 Å². The van der Waals surface area contributed by atoms with Gasteiger partial charge in [0.25, 0.3) is 0 Å². The second kappa shape index (κ2) is 5.46. The second-order valence-corrected chi connectivity index (χ2v) is 6.93. The van der Waals surface area contributed by atoms with Crippen LogP contribution in [0.3, 0.4) is 0 Å². The highest BCUT2D eigenvalue weighted by Crippen LogP contribution is 2.29. The van der Waals surface area contributed by atoms with Gasteiger partial charge in [-0.1, -0.05) is 25.3 Å². The van der Waals surface area contributed by atoms with Crippen LogP contribution in [-0.4, -0.2) is 25.8 Å². The first-order valence-electron chi connectivity index (χ1n) is 6.46. The minimum Gasteiger partial charge on any atom is -0.395 e. The van der Waals surface area contributed by atoms with Crippen LogP contribution >= 0.6 is 0 Å². The molecule has 106 valence electrons. The Morgan fingerprint density at radius 1 is 1.26 bits per heavy atom. The molecule has 0 spiro atoms. The number of sulfonamides is 1. The van der Waals surface area contributed by atoms with E-state index in [9.17, 15) is 12.8 Å². The van der Waals surface area contributed by atoms with Gasteiger partial charge in [0.05, 0.1) is 5.69 Å². The van der Waals surface area contributed by atoms with Crippen LogP contribution in [0.5, 0.6) is 0 Å². The first-order chi connectivity index (χ1) is 8.94. The number of halogens is 1. The zero-order chi connectivity index (χ0) is 14.0. The molecule has 0 atom stereocenters. The van der Waals surface area contributed by atoms with E-state index in [1.165, 1.54) is 16.4 Å². The Hall–Kier alpha value is -1.14. The minimum atomic E-state index is -3.72. The van der Waals surface area contributed by atoms with Crippen molar-refractivity contribution in [3.63, 3.8) is 0 Å². The van der Waals surface area contributed by atoms with Crippen LogP contribution in [0.15, 0.2) is 23.1 Å². The van der Waals surface area contributed by atoms with Gasteiger partial charge in [-0.15, -0.1) is 0 Å². The van der Waals surface area contributed by atoms with Crippen molar-refractivity contribution < 1.29 is 12.8 Å². The highest BCUT2D eigenvalue weighted by Gasteiger charge is 2.30. The molecule has 2 N–H and O–H groups in total. The molecule has 0 unspecified atom stereocenters. The highest BCUT2D eigenvalue weighted by molar-refractivity contribution is 7.89. The van der Waals surface area contributed by atoms with Gasteiger partial charge < -0.3 is 5.73 Å². The molecule has 1 fully saturated rings. The fourth-order valence-corrected chi connectivity index (χ4v) is 4.08. The summed E-state index contributed by atoms with van der Waals surface area (Å²) in [4.78, 5) is -0.138. The molecular weight excluding hydrogens is 267 g/mol. The maximum atomic E-state index is 13.4. The van der Waals surface area contributed by atoms with E-state index in [1.54, 1.807) is 7.05 Å². The first-order valence-corrected chi connectivity index (χ1v) is 7.90. The number of anilines is 1. The van der Waals surface area contributed by atoms with E-state index in [0.717, 1.165) is 38.2 Å². The van der Waals surface area contributed by atoms with Gasteiger partial charge in [-0.3, -0.25) is 0 Å². The number of rotatable bonds is 3. The molecule has 1 aliphatic carbocycles. The average Bonchev–Trinajstić information content (AvgIpc) is 2.41. The summed E-state index contributed by atoms with van der Waals surface area (Å²) in [5, 5.41) is 0. The molecule has 0 radical (unpaired) electrons.